The SMILES string of the molecule is CC1=C(N)C(=O)c2c(nc(C)n2C)C1=O. The molecule has 0 aliphatic heterocycles. The minimum atomic E-state index is -0.315. The van der Waals surface area contributed by atoms with E-state index in [1.807, 2.05) is 0 Å². The first kappa shape index (κ1) is 9.64. The van der Waals surface area contributed by atoms with Crippen molar-refractivity contribution in [1.82, 2.24) is 9.55 Å². The number of aryl methyl sites for hydroxylation is 1. The second kappa shape index (κ2) is 2.79. The highest BCUT2D eigenvalue weighted by atomic mass is 16.1. The fourth-order valence-electron chi connectivity index (χ4n) is 1.63. The Kier molecular flexibility index (Phi) is 1.79. The molecule has 2 rings (SSSR count). The highest BCUT2D eigenvalue weighted by Gasteiger charge is 2.33. The summed E-state index contributed by atoms with van der Waals surface area (Å²) in [5.74, 6) is 0.0557. The number of hydrogen-bond acceptors (Lipinski definition) is 4. The van der Waals surface area contributed by atoms with Gasteiger partial charge in [0.2, 0.25) is 11.6 Å². The number of carbonyl (C=O) groups is 2. The van der Waals surface area contributed by atoms with Gasteiger partial charge in [0.15, 0.2) is 0 Å². The molecule has 15 heavy (non-hydrogen) atoms. The quantitative estimate of drug-likeness (QED) is 0.662. The third-order valence-electron chi connectivity index (χ3n) is 2.74. The molecular formula is C10H11N3O2. The van der Waals surface area contributed by atoms with Gasteiger partial charge in [0.05, 0.1) is 5.70 Å². The molecule has 0 radical (unpaired) electrons. The van der Waals surface area contributed by atoms with Crippen LogP contribution in [-0.4, -0.2) is 21.1 Å². The molecule has 1 heterocycles. The zero-order chi connectivity index (χ0) is 11.3. The number of hydrogen-bond donors (Lipinski definition) is 1. The molecule has 0 saturated carbocycles. The number of fused-ring (bicyclic) bond motifs is 1. The molecule has 0 bridgehead atoms. The molecule has 0 atom stereocenters. The molecule has 5 nitrogen and oxygen atoms in total. The Bertz CT molecular complexity index is 523. The molecule has 0 saturated heterocycles. The molecule has 1 aromatic heterocycles. The maximum atomic E-state index is 11.8. The number of ketones is 2. The lowest BCUT2D eigenvalue weighted by atomic mass is 9.96. The Balaban J connectivity index is 2.78. The topological polar surface area (TPSA) is 78.0 Å². The van der Waals surface area contributed by atoms with Gasteiger partial charge in [0.1, 0.15) is 17.2 Å². The number of Topliss-reactive ketones (excluding diaryl/α,β-unsaturated/α-hetero) is 2. The van der Waals surface area contributed by atoms with E-state index in [1.54, 1.807) is 25.5 Å². The van der Waals surface area contributed by atoms with Crippen molar-refractivity contribution in [1.29, 1.82) is 0 Å². The second-order valence-electron chi connectivity index (χ2n) is 3.61. The van der Waals surface area contributed by atoms with Gasteiger partial charge in [0, 0.05) is 12.6 Å². The first-order chi connectivity index (χ1) is 6.95. The van der Waals surface area contributed by atoms with Gasteiger partial charge >= 0.3 is 0 Å². The molecule has 78 valence electrons. The minimum absolute atomic E-state index is 0.0236. The maximum absolute atomic E-state index is 11.8. The van der Waals surface area contributed by atoms with Crippen LogP contribution < -0.4 is 5.73 Å². The van der Waals surface area contributed by atoms with E-state index >= 15 is 0 Å². The number of allylic oxidation sites excluding steroid dienone is 2. The lowest BCUT2D eigenvalue weighted by Crippen LogP contribution is -2.26. The van der Waals surface area contributed by atoms with Gasteiger partial charge in [-0.15, -0.1) is 0 Å². The second-order valence-corrected chi connectivity index (χ2v) is 3.61. The number of carbonyl (C=O) groups excluding carboxylic acids is 2. The van der Waals surface area contributed by atoms with Gasteiger partial charge in [-0.3, -0.25) is 9.59 Å². The summed E-state index contributed by atoms with van der Waals surface area (Å²) < 4.78 is 1.59. The van der Waals surface area contributed by atoms with E-state index in [9.17, 15) is 9.59 Å². The lowest BCUT2D eigenvalue weighted by molar-refractivity contribution is 0.0966. The van der Waals surface area contributed by atoms with Crippen LogP contribution in [0.15, 0.2) is 11.3 Å². The summed E-state index contributed by atoms with van der Waals surface area (Å²) in [6.07, 6.45) is 0. The smallest absolute Gasteiger partial charge is 0.227 e. The predicted molar refractivity (Wildman–Crippen MR) is 53.5 cm³/mol. The minimum Gasteiger partial charge on any atom is -0.395 e. The molecule has 0 aromatic carbocycles. The first-order valence-electron chi connectivity index (χ1n) is 4.54. The largest absolute Gasteiger partial charge is 0.395 e. The molecule has 0 amide bonds. The summed E-state index contributed by atoms with van der Waals surface area (Å²) in [5.41, 5.74) is 6.39. The fourth-order valence-corrected chi connectivity index (χ4v) is 1.63. The average Bonchev–Trinajstić information content (AvgIpc) is 2.50. The van der Waals surface area contributed by atoms with E-state index in [-0.39, 0.29) is 28.5 Å². The predicted octanol–water partition coefficient (Wildman–Crippen LogP) is 0.340. The molecule has 0 unspecified atom stereocenters. The van der Waals surface area contributed by atoms with Crippen LogP contribution in [0.2, 0.25) is 0 Å². The van der Waals surface area contributed by atoms with Gasteiger partial charge in [-0.05, 0) is 13.8 Å². The highest BCUT2D eigenvalue weighted by Crippen LogP contribution is 2.23. The molecule has 1 aliphatic carbocycles. The van der Waals surface area contributed by atoms with E-state index in [1.165, 1.54) is 0 Å². The summed E-state index contributed by atoms with van der Waals surface area (Å²) >= 11 is 0. The summed E-state index contributed by atoms with van der Waals surface area (Å²) in [7, 11) is 1.69. The number of rotatable bonds is 0. The van der Waals surface area contributed by atoms with Crippen LogP contribution in [0.25, 0.3) is 0 Å². The zero-order valence-corrected chi connectivity index (χ0v) is 8.79. The van der Waals surface area contributed by atoms with Crippen LogP contribution in [0.4, 0.5) is 0 Å². The number of aromatic nitrogens is 2. The number of nitrogens with zero attached hydrogens (tertiary/aromatic N) is 2. The van der Waals surface area contributed by atoms with Crippen molar-refractivity contribution >= 4 is 11.6 Å². The first-order valence-corrected chi connectivity index (χ1v) is 4.54. The van der Waals surface area contributed by atoms with Crippen molar-refractivity contribution in [2.24, 2.45) is 12.8 Å². The van der Waals surface area contributed by atoms with Crippen molar-refractivity contribution in [3.8, 4) is 0 Å². The fraction of sp³-hybridized carbons (Fsp3) is 0.300. The summed E-state index contributed by atoms with van der Waals surface area (Å²) in [5, 5.41) is 0. The summed E-state index contributed by atoms with van der Waals surface area (Å²) in [6.45, 7) is 3.28. The van der Waals surface area contributed by atoms with Crippen LogP contribution in [0.3, 0.4) is 0 Å². The Morgan fingerprint density at radius 3 is 2.40 bits per heavy atom. The number of imidazole rings is 1. The molecule has 5 heteroatoms. The van der Waals surface area contributed by atoms with Crippen LogP contribution in [0, 0.1) is 6.92 Å². The molecule has 0 spiro atoms. The normalized spacial score (nSPS) is 15.9. The van der Waals surface area contributed by atoms with E-state index in [0.29, 0.717) is 11.5 Å². The Morgan fingerprint density at radius 2 is 1.80 bits per heavy atom. The van der Waals surface area contributed by atoms with E-state index in [2.05, 4.69) is 4.98 Å². The summed E-state index contributed by atoms with van der Waals surface area (Å²) in [4.78, 5) is 27.7. The molecule has 1 aliphatic rings. The van der Waals surface area contributed by atoms with Gasteiger partial charge in [-0.1, -0.05) is 0 Å². The zero-order valence-electron chi connectivity index (χ0n) is 8.79. The van der Waals surface area contributed by atoms with E-state index in [4.69, 9.17) is 5.73 Å². The van der Waals surface area contributed by atoms with Crippen molar-refractivity contribution < 1.29 is 9.59 Å². The highest BCUT2D eigenvalue weighted by molar-refractivity contribution is 6.25. The molecule has 1 aromatic rings. The standard InChI is InChI=1S/C10H11N3O2/c1-4-6(11)10(15)8-7(9(4)14)12-5(2)13(8)3/h11H2,1-3H3. The van der Waals surface area contributed by atoms with Crippen molar-refractivity contribution in [2.75, 3.05) is 0 Å². The molecule has 0 fully saturated rings. The van der Waals surface area contributed by atoms with Crippen LogP contribution in [0.1, 0.15) is 33.7 Å². The van der Waals surface area contributed by atoms with E-state index < -0.39 is 0 Å². The molecular weight excluding hydrogens is 194 g/mol. The monoisotopic (exact) mass is 205 g/mol. The third kappa shape index (κ3) is 1.06. The van der Waals surface area contributed by atoms with Crippen molar-refractivity contribution in [2.45, 2.75) is 13.8 Å². The maximum Gasteiger partial charge on any atom is 0.227 e. The van der Waals surface area contributed by atoms with Crippen molar-refractivity contribution in [3.63, 3.8) is 0 Å². The molecule has 2 N–H and O–H groups in total. The Labute approximate surface area is 86.6 Å². The van der Waals surface area contributed by atoms with Gasteiger partial charge in [-0.25, -0.2) is 4.98 Å². The van der Waals surface area contributed by atoms with Gasteiger partial charge in [-0.2, -0.15) is 0 Å². The van der Waals surface area contributed by atoms with Gasteiger partial charge < -0.3 is 10.3 Å². The number of nitrogens with two attached hydrogens (primary N) is 1. The Hall–Kier alpha value is -1.91. The van der Waals surface area contributed by atoms with Crippen LogP contribution >= 0.6 is 0 Å². The van der Waals surface area contributed by atoms with E-state index in [0.717, 1.165) is 0 Å². The van der Waals surface area contributed by atoms with Gasteiger partial charge in [0.25, 0.3) is 0 Å². The van der Waals surface area contributed by atoms with Crippen molar-refractivity contribution in [3.05, 3.63) is 28.5 Å². The third-order valence-corrected chi connectivity index (χ3v) is 2.74. The Morgan fingerprint density at radius 1 is 1.20 bits per heavy atom. The van der Waals surface area contributed by atoms with Crippen LogP contribution in [-0.2, 0) is 7.05 Å². The lowest BCUT2D eigenvalue weighted by Gasteiger charge is -2.12. The van der Waals surface area contributed by atoms with Crippen LogP contribution in [0.5, 0.6) is 0 Å². The average molecular weight is 205 g/mol. The summed E-state index contributed by atoms with van der Waals surface area (Å²) in [6, 6.07) is 0.